The van der Waals surface area contributed by atoms with Gasteiger partial charge in [0, 0.05) is 6.07 Å². The summed E-state index contributed by atoms with van der Waals surface area (Å²) in [4.78, 5) is 12.3. The minimum Gasteiger partial charge on any atom is -0.508 e. The molecule has 0 unspecified atom stereocenters. The Morgan fingerprint density at radius 1 is 0.870 bits per heavy atom. The van der Waals surface area contributed by atoms with E-state index in [1.54, 1.807) is 0 Å². The number of phenolic OH excluding ortho intramolecular Hbond substituents is 2. The maximum atomic E-state index is 12.3. The Morgan fingerprint density at radius 3 is 1.91 bits per heavy atom. The van der Waals surface area contributed by atoms with Crippen LogP contribution in [0.3, 0.4) is 0 Å². The van der Waals surface area contributed by atoms with E-state index in [0.29, 0.717) is 0 Å². The lowest BCUT2D eigenvalue weighted by Crippen LogP contribution is -2.19. The molecule has 0 bridgehead atoms. The fourth-order valence-corrected chi connectivity index (χ4v) is 3.15. The van der Waals surface area contributed by atoms with Crippen molar-refractivity contribution in [3.63, 3.8) is 0 Å². The van der Waals surface area contributed by atoms with Gasteiger partial charge in [0.2, 0.25) is 0 Å². The predicted molar refractivity (Wildman–Crippen MR) is 89.8 cm³/mol. The minimum absolute atomic E-state index is 0.0648. The number of benzene rings is 1. The molecule has 0 aromatic heterocycles. The SMILES string of the molecule is O=C(OC1CCCCCCCCCCC1)c1ccc(O)cc1O. The number of rotatable bonds is 2. The van der Waals surface area contributed by atoms with Gasteiger partial charge in [0.25, 0.3) is 0 Å². The normalized spacial score (nSPS) is 18.6. The van der Waals surface area contributed by atoms with Crippen molar-refractivity contribution in [2.45, 2.75) is 76.7 Å². The molecule has 0 spiro atoms. The molecule has 1 aromatic rings. The number of carbonyl (C=O) groups excluding carboxylic acids is 1. The van der Waals surface area contributed by atoms with Gasteiger partial charge in [-0.1, -0.05) is 44.9 Å². The van der Waals surface area contributed by atoms with Crippen molar-refractivity contribution in [1.82, 2.24) is 0 Å². The molecule has 0 heterocycles. The van der Waals surface area contributed by atoms with Crippen LogP contribution in [0.2, 0.25) is 0 Å². The summed E-state index contributed by atoms with van der Waals surface area (Å²) in [5, 5.41) is 19.1. The largest absolute Gasteiger partial charge is 0.508 e. The van der Waals surface area contributed by atoms with E-state index in [0.717, 1.165) is 31.7 Å². The molecule has 2 rings (SSSR count). The van der Waals surface area contributed by atoms with E-state index in [1.807, 2.05) is 0 Å². The van der Waals surface area contributed by atoms with Crippen LogP contribution in [0, 0.1) is 0 Å². The fraction of sp³-hybridized carbons (Fsp3) is 0.632. The summed E-state index contributed by atoms with van der Waals surface area (Å²) in [6.07, 6.45) is 12.8. The average Bonchev–Trinajstić information content (AvgIpc) is 2.49. The third kappa shape index (κ3) is 6.12. The lowest BCUT2D eigenvalue weighted by Gasteiger charge is -2.19. The monoisotopic (exact) mass is 320 g/mol. The molecule has 23 heavy (non-hydrogen) atoms. The maximum Gasteiger partial charge on any atom is 0.342 e. The third-order valence-electron chi connectivity index (χ3n) is 4.53. The Morgan fingerprint density at radius 2 is 1.39 bits per heavy atom. The highest BCUT2D eigenvalue weighted by Gasteiger charge is 2.19. The first-order valence-electron chi connectivity index (χ1n) is 8.90. The molecule has 0 radical (unpaired) electrons. The van der Waals surface area contributed by atoms with Crippen molar-refractivity contribution < 1.29 is 19.7 Å². The Kier molecular flexibility index (Phi) is 7.24. The van der Waals surface area contributed by atoms with Gasteiger partial charge in [0.15, 0.2) is 0 Å². The van der Waals surface area contributed by atoms with Gasteiger partial charge >= 0.3 is 5.97 Å². The number of carbonyl (C=O) groups is 1. The quantitative estimate of drug-likeness (QED) is 0.758. The summed E-state index contributed by atoms with van der Waals surface area (Å²) in [7, 11) is 0. The van der Waals surface area contributed by atoms with Crippen molar-refractivity contribution in [2.24, 2.45) is 0 Å². The van der Waals surface area contributed by atoms with E-state index >= 15 is 0 Å². The summed E-state index contributed by atoms with van der Waals surface area (Å²) >= 11 is 0. The van der Waals surface area contributed by atoms with Crippen LogP contribution in [-0.2, 0) is 4.74 Å². The van der Waals surface area contributed by atoms with E-state index in [-0.39, 0.29) is 23.2 Å². The molecule has 2 N–H and O–H groups in total. The molecule has 0 saturated heterocycles. The van der Waals surface area contributed by atoms with E-state index in [9.17, 15) is 15.0 Å². The van der Waals surface area contributed by atoms with Gasteiger partial charge in [-0.2, -0.15) is 0 Å². The zero-order valence-corrected chi connectivity index (χ0v) is 13.8. The fourth-order valence-electron chi connectivity index (χ4n) is 3.15. The first-order valence-corrected chi connectivity index (χ1v) is 8.90. The Balaban J connectivity index is 1.92. The van der Waals surface area contributed by atoms with Crippen LogP contribution in [-0.4, -0.2) is 22.3 Å². The summed E-state index contributed by atoms with van der Waals surface area (Å²) in [5.74, 6) is -0.798. The molecule has 0 atom stereocenters. The molecule has 128 valence electrons. The molecular weight excluding hydrogens is 292 g/mol. The second-order valence-electron chi connectivity index (χ2n) is 6.49. The number of hydrogen-bond acceptors (Lipinski definition) is 4. The number of ether oxygens (including phenoxy) is 1. The highest BCUT2D eigenvalue weighted by atomic mass is 16.5. The lowest BCUT2D eigenvalue weighted by atomic mass is 9.99. The van der Waals surface area contributed by atoms with E-state index in [2.05, 4.69) is 0 Å². The van der Waals surface area contributed by atoms with Crippen LogP contribution in [0.1, 0.15) is 81.0 Å². The van der Waals surface area contributed by atoms with Gasteiger partial charge in [-0.3, -0.25) is 0 Å². The zero-order chi connectivity index (χ0) is 16.5. The molecule has 0 amide bonds. The van der Waals surface area contributed by atoms with Crippen molar-refractivity contribution >= 4 is 5.97 Å². The summed E-state index contributed by atoms with van der Waals surface area (Å²) in [5.41, 5.74) is 0.119. The first-order chi connectivity index (χ1) is 11.2. The maximum absolute atomic E-state index is 12.3. The highest BCUT2D eigenvalue weighted by molar-refractivity contribution is 5.92. The van der Waals surface area contributed by atoms with Gasteiger partial charge in [-0.25, -0.2) is 4.79 Å². The van der Waals surface area contributed by atoms with Gasteiger partial charge in [0.1, 0.15) is 23.2 Å². The average molecular weight is 320 g/mol. The molecule has 4 heteroatoms. The van der Waals surface area contributed by atoms with E-state index < -0.39 is 5.97 Å². The van der Waals surface area contributed by atoms with Crippen LogP contribution in [0.15, 0.2) is 18.2 Å². The standard InChI is InChI=1S/C19H28O4/c20-15-12-13-17(18(21)14-15)19(22)23-16-10-8-6-4-2-1-3-5-7-9-11-16/h12-14,16,20-21H,1-11H2. The number of phenols is 2. The molecule has 1 aromatic carbocycles. The first kappa shape index (κ1) is 17.6. The summed E-state index contributed by atoms with van der Waals surface area (Å²) < 4.78 is 5.62. The third-order valence-corrected chi connectivity index (χ3v) is 4.53. The summed E-state index contributed by atoms with van der Waals surface area (Å²) in [6, 6.07) is 3.96. The number of hydrogen-bond donors (Lipinski definition) is 2. The van der Waals surface area contributed by atoms with E-state index in [1.165, 1.54) is 57.1 Å². The molecule has 1 fully saturated rings. The van der Waals surface area contributed by atoms with Crippen molar-refractivity contribution in [1.29, 1.82) is 0 Å². The molecule has 1 saturated carbocycles. The number of esters is 1. The topological polar surface area (TPSA) is 66.8 Å². The zero-order valence-electron chi connectivity index (χ0n) is 13.8. The van der Waals surface area contributed by atoms with Crippen molar-refractivity contribution in [3.8, 4) is 11.5 Å². The van der Waals surface area contributed by atoms with Crippen LogP contribution in [0.25, 0.3) is 0 Å². The van der Waals surface area contributed by atoms with Gasteiger partial charge < -0.3 is 14.9 Å². The second kappa shape index (κ2) is 9.43. The highest BCUT2D eigenvalue weighted by Crippen LogP contribution is 2.25. The van der Waals surface area contributed by atoms with Crippen molar-refractivity contribution in [2.75, 3.05) is 0 Å². The Hall–Kier alpha value is -1.71. The molecule has 4 nitrogen and oxygen atoms in total. The van der Waals surface area contributed by atoms with Crippen LogP contribution in [0.4, 0.5) is 0 Å². The predicted octanol–water partition coefficient (Wildman–Crippen LogP) is 4.93. The van der Waals surface area contributed by atoms with Crippen molar-refractivity contribution in [3.05, 3.63) is 23.8 Å². The Labute approximate surface area is 138 Å². The second-order valence-corrected chi connectivity index (χ2v) is 6.49. The van der Waals surface area contributed by atoms with E-state index in [4.69, 9.17) is 4.74 Å². The van der Waals surface area contributed by atoms with Gasteiger partial charge in [0.05, 0.1) is 0 Å². The molecule has 0 aliphatic heterocycles. The molecular formula is C19H28O4. The van der Waals surface area contributed by atoms with Gasteiger partial charge in [-0.05, 0) is 37.8 Å². The molecule has 1 aliphatic rings. The molecule has 1 aliphatic carbocycles. The van der Waals surface area contributed by atoms with Gasteiger partial charge in [-0.15, -0.1) is 0 Å². The Bertz CT molecular complexity index is 486. The lowest BCUT2D eigenvalue weighted by molar-refractivity contribution is 0.0245. The van der Waals surface area contributed by atoms with Crippen LogP contribution in [0.5, 0.6) is 11.5 Å². The minimum atomic E-state index is -0.500. The summed E-state index contributed by atoms with van der Waals surface area (Å²) in [6.45, 7) is 0. The van der Waals surface area contributed by atoms with Crippen LogP contribution >= 0.6 is 0 Å². The smallest absolute Gasteiger partial charge is 0.342 e. The van der Waals surface area contributed by atoms with Crippen LogP contribution < -0.4 is 0 Å². The number of aromatic hydroxyl groups is 2.